The normalized spacial score (nSPS) is 16.3. The number of nitriles is 1. The molecule has 29 heavy (non-hydrogen) atoms. The van der Waals surface area contributed by atoms with Crippen molar-refractivity contribution in [2.45, 2.75) is 13.8 Å². The molecule has 0 atom stereocenters. The van der Waals surface area contributed by atoms with Crippen LogP contribution in [0.25, 0.3) is 6.08 Å². The molecule has 2 aromatic carbocycles. The molecule has 0 radical (unpaired) electrons. The van der Waals surface area contributed by atoms with Gasteiger partial charge in [-0.25, -0.2) is 4.99 Å². The van der Waals surface area contributed by atoms with Crippen molar-refractivity contribution in [2.24, 2.45) is 4.99 Å². The lowest BCUT2D eigenvalue weighted by Gasteiger charge is -2.10. The lowest BCUT2D eigenvalue weighted by atomic mass is 10.2. The van der Waals surface area contributed by atoms with Crippen LogP contribution < -0.4 is 9.47 Å². The van der Waals surface area contributed by atoms with Gasteiger partial charge in [0, 0.05) is 7.05 Å². The van der Waals surface area contributed by atoms with E-state index >= 15 is 0 Å². The van der Waals surface area contributed by atoms with Gasteiger partial charge in [-0.2, -0.15) is 5.26 Å². The van der Waals surface area contributed by atoms with Crippen LogP contribution in [0.15, 0.2) is 52.4 Å². The smallest absolute Gasteiger partial charge is 0.266 e. The zero-order chi connectivity index (χ0) is 20.8. The number of amides is 1. The molecule has 1 saturated heterocycles. The fourth-order valence-electron chi connectivity index (χ4n) is 2.71. The molecule has 0 bridgehead atoms. The SMILES string of the molecule is CCOc1cc(/C=C2/SC(=Nc3ccccc3C)N(C)C2=O)ccc1OCC#N. The van der Waals surface area contributed by atoms with Crippen LogP contribution in [0.5, 0.6) is 11.5 Å². The van der Waals surface area contributed by atoms with E-state index in [0.29, 0.717) is 28.2 Å². The minimum Gasteiger partial charge on any atom is -0.490 e. The molecule has 0 saturated carbocycles. The van der Waals surface area contributed by atoms with Crippen molar-refractivity contribution in [1.29, 1.82) is 5.26 Å². The highest BCUT2D eigenvalue weighted by Gasteiger charge is 2.30. The fraction of sp³-hybridized carbons (Fsp3) is 0.227. The van der Waals surface area contributed by atoms with Gasteiger partial charge in [0.05, 0.1) is 17.2 Å². The lowest BCUT2D eigenvalue weighted by Crippen LogP contribution is -2.23. The summed E-state index contributed by atoms with van der Waals surface area (Å²) in [7, 11) is 1.72. The number of hydrogen-bond donors (Lipinski definition) is 0. The monoisotopic (exact) mass is 407 g/mol. The van der Waals surface area contributed by atoms with Crippen molar-refractivity contribution in [3.63, 3.8) is 0 Å². The predicted octanol–water partition coefficient (Wildman–Crippen LogP) is 4.53. The third-order valence-corrected chi connectivity index (χ3v) is 5.25. The average molecular weight is 407 g/mol. The van der Waals surface area contributed by atoms with E-state index in [1.54, 1.807) is 30.2 Å². The van der Waals surface area contributed by atoms with Crippen LogP contribution in [0.4, 0.5) is 5.69 Å². The van der Waals surface area contributed by atoms with Crippen LogP contribution in [-0.4, -0.2) is 36.2 Å². The summed E-state index contributed by atoms with van der Waals surface area (Å²) in [6.07, 6.45) is 1.81. The predicted molar refractivity (Wildman–Crippen MR) is 115 cm³/mol. The van der Waals surface area contributed by atoms with Crippen molar-refractivity contribution >= 4 is 34.6 Å². The number of carbonyl (C=O) groups is 1. The summed E-state index contributed by atoms with van der Waals surface area (Å²) < 4.78 is 11.0. The molecule has 1 amide bonds. The molecular formula is C22H21N3O3S. The number of amidine groups is 1. The summed E-state index contributed by atoms with van der Waals surface area (Å²) in [5.41, 5.74) is 2.70. The van der Waals surface area contributed by atoms with Crippen molar-refractivity contribution in [3.05, 3.63) is 58.5 Å². The first-order valence-electron chi connectivity index (χ1n) is 9.12. The minimum atomic E-state index is -0.106. The first kappa shape index (κ1) is 20.5. The second-order valence-corrected chi connectivity index (χ2v) is 7.25. The van der Waals surface area contributed by atoms with Gasteiger partial charge in [0.15, 0.2) is 23.3 Å². The quantitative estimate of drug-likeness (QED) is 0.658. The van der Waals surface area contributed by atoms with Crippen molar-refractivity contribution < 1.29 is 14.3 Å². The van der Waals surface area contributed by atoms with E-state index in [0.717, 1.165) is 16.8 Å². The number of aliphatic imine (C=N–C) groups is 1. The number of ether oxygens (including phenoxy) is 2. The summed E-state index contributed by atoms with van der Waals surface area (Å²) in [6.45, 7) is 4.27. The van der Waals surface area contributed by atoms with Gasteiger partial charge in [0.1, 0.15) is 6.07 Å². The number of likely N-dealkylation sites (N-methyl/N-ethyl adjacent to an activating group) is 1. The van der Waals surface area contributed by atoms with Gasteiger partial charge >= 0.3 is 0 Å². The highest BCUT2D eigenvalue weighted by molar-refractivity contribution is 8.18. The van der Waals surface area contributed by atoms with Crippen LogP contribution >= 0.6 is 11.8 Å². The zero-order valence-electron chi connectivity index (χ0n) is 16.5. The molecule has 0 spiro atoms. The van der Waals surface area contributed by atoms with Crippen molar-refractivity contribution in [3.8, 4) is 17.6 Å². The molecule has 1 aliphatic rings. The first-order valence-corrected chi connectivity index (χ1v) is 9.93. The Kier molecular flexibility index (Phi) is 6.57. The Balaban J connectivity index is 1.88. The van der Waals surface area contributed by atoms with Gasteiger partial charge < -0.3 is 9.47 Å². The number of nitrogens with zero attached hydrogens (tertiary/aromatic N) is 3. The van der Waals surface area contributed by atoms with E-state index in [1.165, 1.54) is 11.8 Å². The van der Waals surface area contributed by atoms with Crippen LogP contribution in [0.2, 0.25) is 0 Å². The van der Waals surface area contributed by atoms with E-state index in [-0.39, 0.29) is 12.5 Å². The van der Waals surface area contributed by atoms with Crippen LogP contribution in [-0.2, 0) is 4.79 Å². The molecule has 0 N–H and O–H groups in total. The molecule has 3 rings (SSSR count). The second-order valence-electron chi connectivity index (χ2n) is 6.24. The number of aryl methyl sites for hydroxylation is 1. The van der Waals surface area contributed by atoms with E-state index in [4.69, 9.17) is 14.7 Å². The molecule has 0 unspecified atom stereocenters. The Hall–Kier alpha value is -3.24. The van der Waals surface area contributed by atoms with Gasteiger partial charge in [0.2, 0.25) is 0 Å². The number of hydrogen-bond acceptors (Lipinski definition) is 6. The molecule has 0 aliphatic carbocycles. The van der Waals surface area contributed by atoms with Crippen LogP contribution in [0, 0.1) is 18.3 Å². The van der Waals surface area contributed by atoms with Gasteiger partial charge in [-0.3, -0.25) is 9.69 Å². The van der Waals surface area contributed by atoms with Gasteiger partial charge in [-0.15, -0.1) is 0 Å². The summed E-state index contributed by atoms with van der Waals surface area (Å²) >= 11 is 1.33. The Morgan fingerprint density at radius 3 is 2.72 bits per heavy atom. The molecule has 2 aromatic rings. The summed E-state index contributed by atoms with van der Waals surface area (Å²) in [6, 6.07) is 15.1. The van der Waals surface area contributed by atoms with Crippen molar-refractivity contribution in [1.82, 2.24) is 4.90 Å². The average Bonchev–Trinajstić information content (AvgIpc) is 2.97. The summed E-state index contributed by atoms with van der Waals surface area (Å²) in [4.78, 5) is 19.5. The van der Waals surface area contributed by atoms with Gasteiger partial charge in [0.25, 0.3) is 5.91 Å². The molecule has 1 aliphatic heterocycles. The van der Waals surface area contributed by atoms with Crippen LogP contribution in [0.1, 0.15) is 18.1 Å². The highest BCUT2D eigenvalue weighted by atomic mass is 32.2. The Morgan fingerprint density at radius 2 is 2.00 bits per heavy atom. The maximum Gasteiger partial charge on any atom is 0.266 e. The summed E-state index contributed by atoms with van der Waals surface area (Å²) in [5, 5.41) is 9.35. The second kappa shape index (κ2) is 9.30. The molecule has 148 valence electrons. The Morgan fingerprint density at radius 1 is 1.21 bits per heavy atom. The minimum absolute atomic E-state index is 0.0572. The number of para-hydroxylation sites is 1. The first-order chi connectivity index (χ1) is 14.0. The standard InChI is InChI=1S/C22H21N3O3S/c1-4-27-19-13-16(9-10-18(19)28-12-11-23)14-20-21(26)25(3)22(29-20)24-17-8-6-5-7-15(17)2/h5-10,13-14H,4,12H2,1-3H3/b20-14+,24-22?. The Bertz CT molecular complexity index is 1020. The number of thioether (sulfide) groups is 1. The van der Waals surface area contributed by atoms with E-state index in [1.807, 2.05) is 50.2 Å². The summed E-state index contributed by atoms with van der Waals surface area (Å²) in [5.74, 6) is 0.930. The van der Waals surface area contributed by atoms with Gasteiger partial charge in [-0.1, -0.05) is 24.3 Å². The largest absolute Gasteiger partial charge is 0.490 e. The third-order valence-electron chi connectivity index (χ3n) is 4.19. The molecular weight excluding hydrogens is 386 g/mol. The van der Waals surface area contributed by atoms with Gasteiger partial charge in [-0.05, 0) is 61.0 Å². The number of rotatable bonds is 6. The molecule has 6 nitrogen and oxygen atoms in total. The Labute approximate surface area is 174 Å². The maximum absolute atomic E-state index is 12.7. The molecule has 1 heterocycles. The van der Waals surface area contributed by atoms with E-state index in [9.17, 15) is 4.79 Å². The fourth-order valence-corrected chi connectivity index (χ4v) is 3.69. The van der Waals surface area contributed by atoms with E-state index < -0.39 is 0 Å². The number of carbonyl (C=O) groups excluding carboxylic acids is 1. The van der Waals surface area contributed by atoms with E-state index in [2.05, 4.69) is 4.99 Å². The highest BCUT2D eigenvalue weighted by Crippen LogP contribution is 2.35. The lowest BCUT2D eigenvalue weighted by molar-refractivity contribution is -0.121. The molecule has 7 heteroatoms. The topological polar surface area (TPSA) is 74.9 Å². The third kappa shape index (κ3) is 4.79. The molecule has 0 aromatic heterocycles. The number of benzene rings is 2. The van der Waals surface area contributed by atoms with Crippen molar-refractivity contribution in [2.75, 3.05) is 20.3 Å². The molecule has 1 fully saturated rings. The van der Waals surface area contributed by atoms with Crippen LogP contribution in [0.3, 0.4) is 0 Å². The maximum atomic E-state index is 12.7. The zero-order valence-corrected chi connectivity index (χ0v) is 17.3.